The van der Waals surface area contributed by atoms with E-state index in [1.807, 2.05) is 25.1 Å². The second-order valence-electron chi connectivity index (χ2n) is 7.10. The third-order valence-corrected chi connectivity index (χ3v) is 6.94. The van der Waals surface area contributed by atoms with Crippen molar-refractivity contribution < 1.29 is 10.2 Å². The van der Waals surface area contributed by atoms with Crippen molar-refractivity contribution in [3.8, 4) is 17.4 Å². The Morgan fingerprint density at radius 2 is 1.64 bits per heavy atom. The monoisotopic (exact) mass is 359 g/mol. The van der Waals surface area contributed by atoms with Crippen LogP contribution in [0.2, 0.25) is 0 Å². The smallest absolute Gasteiger partial charge is 0.202 e. The molecule has 0 saturated heterocycles. The molecule has 4 unspecified atom stereocenters. The highest BCUT2D eigenvalue weighted by atomic mass is 79.9. The van der Waals surface area contributed by atoms with Gasteiger partial charge in [-0.25, -0.2) is 0 Å². The minimum Gasteiger partial charge on any atom is -0.494 e. The van der Waals surface area contributed by atoms with Crippen LogP contribution in [0, 0.1) is 18.8 Å². The number of nitrogens with zero attached hydrogens (tertiary/aromatic N) is 1. The first-order valence-corrected chi connectivity index (χ1v) is 8.80. The molecule has 0 radical (unpaired) electrons. The van der Waals surface area contributed by atoms with Gasteiger partial charge in [0.05, 0.1) is 5.69 Å². The predicted octanol–water partition coefficient (Wildman–Crippen LogP) is 4.57. The lowest BCUT2D eigenvalue weighted by molar-refractivity contribution is 0.322. The zero-order valence-corrected chi connectivity index (χ0v) is 14.0. The third kappa shape index (κ3) is 1.47. The Morgan fingerprint density at radius 3 is 2.18 bits per heavy atom. The van der Waals surface area contributed by atoms with E-state index >= 15 is 0 Å². The van der Waals surface area contributed by atoms with Gasteiger partial charge in [0, 0.05) is 15.6 Å². The lowest BCUT2D eigenvalue weighted by Gasteiger charge is -2.35. The van der Waals surface area contributed by atoms with Gasteiger partial charge in [-0.05, 0) is 73.6 Å². The largest absolute Gasteiger partial charge is 0.494 e. The fourth-order valence-corrected chi connectivity index (χ4v) is 5.24. The van der Waals surface area contributed by atoms with Crippen LogP contribution in [-0.2, 0) is 0 Å². The number of benzene rings is 1. The fourth-order valence-electron chi connectivity index (χ4n) is 4.99. The van der Waals surface area contributed by atoms with E-state index in [9.17, 15) is 10.2 Å². The molecule has 3 nitrogen and oxygen atoms in total. The number of fused-ring (bicyclic) bond motifs is 1. The molecular formula is C18H18BrNO2. The van der Waals surface area contributed by atoms with Gasteiger partial charge in [-0.2, -0.15) is 0 Å². The Kier molecular flexibility index (Phi) is 2.44. The first kappa shape index (κ1) is 13.1. The molecule has 4 heteroatoms. The summed E-state index contributed by atoms with van der Waals surface area (Å²) in [4.78, 5) is 0. The van der Waals surface area contributed by atoms with Gasteiger partial charge in [-0.3, -0.25) is 4.57 Å². The van der Waals surface area contributed by atoms with Crippen molar-refractivity contribution >= 4 is 15.9 Å². The molecule has 1 aromatic heterocycles. The summed E-state index contributed by atoms with van der Waals surface area (Å²) in [6, 6.07) is 5.90. The summed E-state index contributed by atoms with van der Waals surface area (Å²) in [6.07, 6.45) is 3.60. The highest BCUT2D eigenvalue weighted by Gasteiger charge is 2.58. The van der Waals surface area contributed by atoms with E-state index in [-0.39, 0.29) is 11.8 Å². The minimum atomic E-state index is 0.259. The third-order valence-electron chi connectivity index (χ3n) is 6.05. The normalized spacial score (nSPS) is 31.0. The number of halogens is 1. The molecule has 0 amide bonds. The number of hydrogen-bond donors (Lipinski definition) is 2. The highest BCUT2D eigenvalue weighted by Crippen LogP contribution is 2.70. The summed E-state index contributed by atoms with van der Waals surface area (Å²) < 4.78 is 2.67. The van der Waals surface area contributed by atoms with Crippen LogP contribution in [0.4, 0.5) is 0 Å². The maximum atomic E-state index is 10.8. The lowest BCUT2D eigenvalue weighted by atomic mass is 9.68. The van der Waals surface area contributed by atoms with Crippen molar-refractivity contribution in [2.75, 3.05) is 0 Å². The average Bonchev–Trinajstić information content (AvgIpc) is 3.28. The maximum absolute atomic E-state index is 10.8. The molecule has 0 aliphatic heterocycles. The first-order valence-electron chi connectivity index (χ1n) is 8.01. The van der Waals surface area contributed by atoms with Crippen molar-refractivity contribution in [1.82, 2.24) is 4.57 Å². The standard InChI is InChI=1S/C18H18BrNO2/c1-8-6-9(2-5-14(8)19)20-17(21)15-10-3-4-11(13-7-12(10)13)16(15)18(20)22/h2,5-6,10-13,21-22H,3-4,7H2,1H3. The molecule has 4 atom stereocenters. The quantitative estimate of drug-likeness (QED) is 0.783. The van der Waals surface area contributed by atoms with E-state index in [1.54, 1.807) is 4.57 Å². The molecule has 1 aromatic carbocycles. The Morgan fingerprint density at radius 1 is 1.05 bits per heavy atom. The van der Waals surface area contributed by atoms with Gasteiger partial charge < -0.3 is 10.2 Å². The summed E-state index contributed by atoms with van der Waals surface area (Å²) in [5.41, 5.74) is 3.99. The molecule has 4 aliphatic rings. The summed E-state index contributed by atoms with van der Waals surface area (Å²) in [7, 11) is 0. The van der Waals surface area contributed by atoms with E-state index in [0.29, 0.717) is 11.8 Å². The van der Waals surface area contributed by atoms with Crippen LogP contribution in [0.1, 0.15) is 47.8 Å². The summed E-state index contributed by atoms with van der Waals surface area (Å²) >= 11 is 3.50. The Balaban J connectivity index is 1.74. The molecule has 2 N–H and O–H groups in total. The zero-order valence-electron chi connectivity index (χ0n) is 12.4. The fraction of sp³-hybridized carbons (Fsp3) is 0.444. The van der Waals surface area contributed by atoms with Gasteiger partial charge in [0.2, 0.25) is 11.8 Å². The molecule has 2 bridgehead atoms. The lowest BCUT2D eigenvalue weighted by Crippen LogP contribution is -2.22. The molecular weight excluding hydrogens is 342 g/mol. The van der Waals surface area contributed by atoms with Gasteiger partial charge in [0.15, 0.2) is 0 Å². The second kappa shape index (κ2) is 4.10. The topological polar surface area (TPSA) is 45.4 Å². The molecule has 2 saturated carbocycles. The summed E-state index contributed by atoms with van der Waals surface area (Å²) in [6.45, 7) is 2.02. The van der Waals surface area contributed by atoms with E-state index in [2.05, 4.69) is 15.9 Å². The van der Waals surface area contributed by atoms with E-state index in [1.165, 1.54) is 6.42 Å². The number of aromatic hydroxyl groups is 2. The van der Waals surface area contributed by atoms with Crippen LogP contribution < -0.4 is 0 Å². The van der Waals surface area contributed by atoms with Gasteiger partial charge in [-0.1, -0.05) is 15.9 Å². The van der Waals surface area contributed by atoms with Crippen LogP contribution in [0.5, 0.6) is 11.8 Å². The van der Waals surface area contributed by atoms with Crippen LogP contribution in [0.15, 0.2) is 22.7 Å². The molecule has 0 spiro atoms. The summed E-state index contributed by atoms with van der Waals surface area (Å²) in [5.74, 6) is 2.92. The van der Waals surface area contributed by atoms with Crippen LogP contribution in [-0.4, -0.2) is 14.8 Å². The summed E-state index contributed by atoms with van der Waals surface area (Å²) in [5, 5.41) is 21.6. The van der Waals surface area contributed by atoms with Crippen molar-refractivity contribution in [3.05, 3.63) is 39.4 Å². The number of hydrogen-bond acceptors (Lipinski definition) is 2. The van der Waals surface area contributed by atoms with Crippen LogP contribution in [0.25, 0.3) is 5.69 Å². The van der Waals surface area contributed by atoms with Crippen molar-refractivity contribution in [3.63, 3.8) is 0 Å². The van der Waals surface area contributed by atoms with E-state index in [4.69, 9.17) is 0 Å². The predicted molar refractivity (Wildman–Crippen MR) is 87.8 cm³/mol. The molecule has 114 valence electrons. The highest BCUT2D eigenvalue weighted by molar-refractivity contribution is 9.10. The average molecular weight is 360 g/mol. The first-order chi connectivity index (χ1) is 10.6. The molecule has 1 heterocycles. The molecule has 2 aromatic rings. The number of aromatic nitrogens is 1. The van der Waals surface area contributed by atoms with Crippen molar-refractivity contribution in [1.29, 1.82) is 0 Å². The maximum Gasteiger partial charge on any atom is 0.202 e. The van der Waals surface area contributed by atoms with Gasteiger partial charge >= 0.3 is 0 Å². The van der Waals surface area contributed by atoms with Crippen LogP contribution in [0.3, 0.4) is 0 Å². The van der Waals surface area contributed by atoms with E-state index < -0.39 is 0 Å². The number of rotatable bonds is 1. The molecule has 6 rings (SSSR count). The second-order valence-corrected chi connectivity index (χ2v) is 7.95. The Bertz CT molecular complexity index is 770. The zero-order chi connectivity index (χ0) is 15.2. The van der Waals surface area contributed by atoms with Gasteiger partial charge in [0.25, 0.3) is 0 Å². The Labute approximate surface area is 137 Å². The van der Waals surface area contributed by atoms with Crippen molar-refractivity contribution in [2.24, 2.45) is 11.8 Å². The molecule has 22 heavy (non-hydrogen) atoms. The SMILES string of the molecule is Cc1cc(-n2c(O)c3c(c2O)C2CCC3C3CC23)ccc1Br. The van der Waals surface area contributed by atoms with Gasteiger partial charge in [0.1, 0.15) is 0 Å². The number of aryl methyl sites for hydroxylation is 1. The van der Waals surface area contributed by atoms with Crippen LogP contribution >= 0.6 is 15.9 Å². The van der Waals surface area contributed by atoms with E-state index in [0.717, 1.165) is 51.5 Å². The Hall–Kier alpha value is -1.42. The minimum absolute atomic E-state index is 0.259. The molecule has 2 fully saturated rings. The van der Waals surface area contributed by atoms with Crippen molar-refractivity contribution in [2.45, 2.75) is 38.0 Å². The van der Waals surface area contributed by atoms with Gasteiger partial charge in [-0.15, -0.1) is 0 Å². The molecule has 4 aliphatic carbocycles.